The molecule has 6 heteroatoms. The molecule has 0 saturated carbocycles. The second-order valence-electron chi connectivity index (χ2n) is 6.21. The van der Waals surface area contributed by atoms with Gasteiger partial charge < -0.3 is 4.98 Å². The highest BCUT2D eigenvalue weighted by Crippen LogP contribution is 2.33. The quantitative estimate of drug-likeness (QED) is 0.252. The van der Waals surface area contributed by atoms with Gasteiger partial charge >= 0.3 is 0 Å². The minimum atomic E-state index is -0.387. The summed E-state index contributed by atoms with van der Waals surface area (Å²) in [5.41, 5.74) is 5.14. The minimum Gasteiger partial charge on any atom is -0.332 e. The second-order valence-corrected chi connectivity index (χ2v) is 7.17. The molecule has 0 atom stereocenters. The molecule has 0 aliphatic heterocycles. The van der Waals surface area contributed by atoms with E-state index in [1.54, 1.807) is 23.9 Å². The monoisotopic (exact) mass is 387 g/mol. The summed E-state index contributed by atoms with van der Waals surface area (Å²) in [4.78, 5) is 18.7. The molecule has 1 N–H and O–H groups in total. The Labute approximate surface area is 166 Å². The van der Waals surface area contributed by atoms with Crippen LogP contribution in [0, 0.1) is 10.1 Å². The lowest BCUT2D eigenvalue weighted by atomic mass is 10.1. The normalized spacial score (nSPS) is 10.7. The molecule has 0 spiro atoms. The van der Waals surface area contributed by atoms with Gasteiger partial charge in [-0.15, -0.1) is 0 Å². The summed E-state index contributed by atoms with van der Waals surface area (Å²) in [5.74, 6) is 0.675. The number of nitrogens with zero attached hydrogens (tertiary/aromatic N) is 2. The van der Waals surface area contributed by atoms with Crippen LogP contribution in [0.1, 0.15) is 5.56 Å². The number of thioether (sulfide) groups is 1. The van der Waals surface area contributed by atoms with E-state index in [0.29, 0.717) is 5.75 Å². The average Bonchev–Trinajstić information content (AvgIpc) is 3.18. The van der Waals surface area contributed by atoms with Gasteiger partial charge in [-0.25, -0.2) is 4.98 Å². The number of imidazole rings is 1. The number of aromatic nitrogens is 2. The number of hydrogen-bond donors (Lipinski definition) is 1. The maximum absolute atomic E-state index is 10.8. The Morgan fingerprint density at radius 3 is 2.07 bits per heavy atom. The van der Waals surface area contributed by atoms with Gasteiger partial charge in [0.2, 0.25) is 0 Å². The average molecular weight is 387 g/mol. The van der Waals surface area contributed by atoms with Crippen molar-refractivity contribution in [1.29, 1.82) is 0 Å². The van der Waals surface area contributed by atoms with Gasteiger partial charge in [0.15, 0.2) is 5.16 Å². The maximum Gasteiger partial charge on any atom is 0.269 e. The number of non-ortho nitro benzene ring substituents is 1. The summed E-state index contributed by atoms with van der Waals surface area (Å²) >= 11 is 1.58. The van der Waals surface area contributed by atoms with E-state index in [0.717, 1.165) is 33.2 Å². The summed E-state index contributed by atoms with van der Waals surface area (Å²) in [7, 11) is 0. The zero-order valence-corrected chi connectivity index (χ0v) is 15.7. The van der Waals surface area contributed by atoms with E-state index in [2.05, 4.69) is 17.1 Å². The highest BCUT2D eigenvalue weighted by Gasteiger charge is 2.14. The fraction of sp³-hybridized carbons (Fsp3) is 0.0455. The molecule has 5 nitrogen and oxygen atoms in total. The van der Waals surface area contributed by atoms with E-state index < -0.39 is 0 Å². The van der Waals surface area contributed by atoms with Crippen LogP contribution in [0.15, 0.2) is 90.1 Å². The molecule has 138 valence electrons. The number of rotatable bonds is 6. The van der Waals surface area contributed by atoms with Crippen LogP contribution in [0.2, 0.25) is 0 Å². The number of H-pyrrole nitrogens is 1. The van der Waals surface area contributed by atoms with Crippen LogP contribution in [0.4, 0.5) is 5.69 Å². The standard InChI is InChI=1S/C22H17N3O2S/c26-25(27)19-13-11-16(12-14-19)15-28-22-23-20(17-7-3-1-4-8-17)21(24-22)18-9-5-2-6-10-18/h1-14H,15H2,(H,23,24). The lowest BCUT2D eigenvalue weighted by Crippen LogP contribution is -1.88. The van der Waals surface area contributed by atoms with Crippen LogP contribution in [0.5, 0.6) is 0 Å². The van der Waals surface area contributed by atoms with E-state index in [1.165, 1.54) is 12.1 Å². The molecule has 0 unspecified atom stereocenters. The van der Waals surface area contributed by atoms with Gasteiger partial charge in [-0.3, -0.25) is 10.1 Å². The Balaban J connectivity index is 1.61. The van der Waals surface area contributed by atoms with Crippen molar-refractivity contribution in [2.75, 3.05) is 0 Å². The van der Waals surface area contributed by atoms with Crippen molar-refractivity contribution < 1.29 is 4.92 Å². The topological polar surface area (TPSA) is 71.8 Å². The predicted octanol–water partition coefficient (Wildman–Crippen LogP) is 5.94. The fourth-order valence-electron chi connectivity index (χ4n) is 2.90. The highest BCUT2D eigenvalue weighted by atomic mass is 32.2. The molecule has 0 fully saturated rings. The molecule has 1 aromatic heterocycles. The molecule has 4 rings (SSSR count). The van der Waals surface area contributed by atoms with Crippen molar-refractivity contribution in [3.05, 3.63) is 101 Å². The first-order valence-electron chi connectivity index (χ1n) is 8.78. The lowest BCUT2D eigenvalue weighted by molar-refractivity contribution is -0.384. The Morgan fingerprint density at radius 2 is 1.46 bits per heavy atom. The third-order valence-electron chi connectivity index (χ3n) is 4.31. The van der Waals surface area contributed by atoms with E-state index in [-0.39, 0.29) is 10.6 Å². The van der Waals surface area contributed by atoms with Crippen LogP contribution >= 0.6 is 11.8 Å². The first kappa shape index (κ1) is 18.0. The minimum absolute atomic E-state index is 0.101. The number of hydrogen-bond acceptors (Lipinski definition) is 4. The molecule has 0 amide bonds. The number of nitro groups is 1. The van der Waals surface area contributed by atoms with Crippen LogP contribution in [0.25, 0.3) is 22.5 Å². The van der Waals surface area contributed by atoms with Gasteiger partial charge in [0.05, 0.1) is 16.3 Å². The van der Waals surface area contributed by atoms with Crippen LogP contribution in [0.3, 0.4) is 0 Å². The molecular weight excluding hydrogens is 370 g/mol. The molecule has 0 radical (unpaired) electrons. The highest BCUT2D eigenvalue weighted by molar-refractivity contribution is 7.98. The fourth-order valence-corrected chi connectivity index (χ4v) is 3.73. The third-order valence-corrected chi connectivity index (χ3v) is 5.26. The third kappa shape index (κ3) is 3.97. The second kappa shape index (κ2) is 8.10. The summed E-state index contributed by atoms with van der Waals surface area (Å²) in [5, 5.41) is 11.6. The Morgan fingerprint density at radius 1 is 0.857 bits per heavy atom. The molecule has 0 saturated heterocycles. The lowest BCUT2D eigenvalue weighted by Gasteiger charge is -2.02. The van der Waals surface area contributed by atoms with Crippen LogP contribution in [-0.4, -0.2) is 14.9 Å². The molecule has 0 aliphatic carbocycles. The molecule has 4 aromatic rings. The van der Waals surface area contributed by atoms with E-state index in [4.69, 9.17) is 4.98 Å². The molecule has 0 aliphatic rings. The molecule has 1 heterocycles. The van der Waals surface area contributed by atoms with E-state index in [1.807, 2.05) is 48.5 Å². The summed E-state index contributed by atoms with van der Waals surface area (Å²) in [6.07, 6.45) is 0. The zero-order valence-electron chi connectivity index (χ0n) is 14.9. The largest absolute Gasteiger partial charge is 0.332 e. The summed E-state index contributed by atoms with van der Waals surface area (Å²) in [6.45, 7) is 0. The van der Waals surface area contributed by atoms with Crippen molar-refractivity contribution in [2.24, 2.45) is 0 Å². The van der Waals surface area contributed by atoms with Crippen LogP contribution < -0.4 is 0 Å². The Bertz CT molecular complexity index is 1020. The molecule has 28 heavy (non-hydrogen) atoms. The van der Waals surface area contributed by atoms with Gasteiger partial charge in [0.25, 0.3) is 5.69 Å². The van der Waals surface area contributed by atoms with Crippen molar-refractivity contribution in [3.63, 3.8) is 0 Å². The number of benzene rings is 3. The van der Waals surface area contributed by atoms with Gasteiger partial charge in [0.1, 0.15) is 0 Å². The van der Waals surface area contributed by atoms with Gasteiger partial charge in [0, 0.05) is 29.0 Å². The van der Waals surface area contributed by atoms with Crippen molar-refractivity contribution in [3.8, 4) is 22.5 Å². The van der Waals surface area contributed by atoms with Gasteiger partial charge in [-0.05, 0) is 5.56 Å². The first-order chi connectivity index (χ1) is 13.7. The van der Waals surface area contributed by atoms with Crippen molar-refractivity contribution >= 4 is 17.4 Å². The predicted molar refractivity (Wildman–Crippen MR) is 112 cm³/mol. The van der Waals surface area contributed by atoms with E-state index >= 15 is 0 Å². The first-order valence-corrected chi connectivity index (χ1v) is 9.76. The SMILES string of the molecule is O=[N+]([O-])c1ccc(CSc2nc(-c3ccccc3)c(-c3ccccc3)[nH]2)cc1. The van der Waals surface area contributed by atoms with Crippen LogP contribution in [-0.2, 0) is 5.75 Å². The molecular formula is C22H17N3O2S. The molecule has 0 bridgehead atoms. The van der Waals surface area contributed by atoms with Crippen molar-refractivity contribution in [2.45, 2.75) is 10.9 Å². The summed E-state index contributed by atoms with van der Waals surface area (Å²) in [6, 6.07) is 26.8. The maximum atomic E-state index is 10.8. The summed E-state index contributed by atoms with van der Waals surface area (Å²) < 4.78 is 0. The Hall–Kier alpha value is -3.38. The zero-order chi connectivity index (χ0) is 19.3. The van der Waals surface area contributed by atoms with Crippen molar-refractivity contribution in [1.82, 2.24) is 9.97 Å². The van der Waals surface area contributed by atoms with E-state index in [9.17, 15) is 10.1 Å². The smallest absolute Gasteiger partial charge is 0.269 e. The Kier molecular flexibility index (Phi) is 5.21. The van der Waals surface area contributed by atoms with Gasteiger partial charge in [-0.2, -0.15) is 0 Å². The number of nitrogens with one attached hydrogen (secondary N) is 1. The molecule has 3 aromatic carbocycles. The number of aromatic amines is 1. The number of nitro benzene ring substituents is 1. The van der Waals surface area contributed by atoms with Gasteiger partial charge in [-0.1, -0.05) is 84.6 Å².